The lowest BCUT2D eigenvalue weighted by molar-refractivity contribution is -0.118. The van der Waals surface area contributed by atoms with E-state index in [1.807, 2.05) is 12.1 Å². The van der Waals surface area contributed by atoms with Crippen molar-refractivity contribution in [1.29, 1.82) is 0 Å². The van der Waals surface area contributed by atoms with Crippen LogP contribution in [0.1, 0.15) is 62.6 Å². The number of likely N-dealkylation sites (tertiary alicyclic amines) is 1. The SMILES string of the molecule is CC(C)c1cc(CC(=O)NS(=O)(=O)N(C[C@H]2C[C@@H](F)CN2C)c2cnn(C)c2)cc(C(C)C)c1. The molecule has 188 valence electrons. The van der Waals surface area contributed by atoms with Gasteiger partial charge in [-0.1, -0.05) is 45.9 Å². The Morgan fingerprint density at radius 3 is 2.26 bits per heavy atom. The molecule has 0 spiro atoms. The van der Waals surface area contributed by atoms with E-state index < -0.39 is 22.3 Å². The summed E-state index contributed by atoms with van der Waals surface area (Å²) in [6.07, 6.45) is 2.15. The Bertz CT molecular complexity index is 1090. The zero-order valence-electron chi connectivity index (χ0n) is 20.8. The van der Waals surface area contributed by atoms with Crippen molar-refractivity contribution in [2.24, 2.45) is 7.05 Å². The van der Waals surface area contributed by atoms with E-state index in [0.717, 1.165) is 21.0 Å². The first-order valence-corrected chi connectivity index (χ1v) is 13.1. The maximum atomic E-state index is 13.9. The first-order valence-electron chi connectivity index (χ1n) is 11.7. The number of nitrogens with zero attached hydrogens (tertiary/aromatic N) is 4. The van der Waals surface area contributed by atoms with Crippen molar-refractivity contribution in [2.75, 3.05) is 24.4 Å². The number of likely N-dealkylation sites (N-methyl/N-ethyl adjacent to an activating group) is 1. The Kier molecular flexibility index (Phi) is 8.02. The Hall–Kier alpha value is -2.46. The lowest BCUT2D eigenvalue weighted by Gasteiger charge is -2.28. The van der Waals surface area contributed by atoms with E-state index in [9.17, 15) is 17.6 Å². The molecule has 1 saturated heterocycles. The number of aromatic nitrogens is 2. The van der Waals surface area contributed by atoms with Crippen LogP contribution < -0.4 is 9.03 Å². The lowest BCUT2D eigenvalue weighted by Crippen LogP contribution is -2.48. The molecule has 1 fully saturated rings. The number of hydrogen-bond donors (Lipinski definition) is 1. The van der Waals surface area contributed by atoms with Gasteiger partial charge >= 0.3 is 10.2 Å². The van der Waals surface area contributed by atoms with Crippen LogP contribution in [0.5, 0.6) is 0 Å². The molecule has 1 amide bonds. The molecule has 1 aromatic heterocycles. The highest BCUT2D eigenvalue weighted by atomic mass is 32.2. The maximum Gasteiger partial charge on any atom is 0.326 e. The largest absolute Gasteiger partial charge is 0.326 e. The quantitative estimate of drug-likeness (QED) is 0.580. The molecule has 1 N–H and O–H groups in total. The normalized spacial score (nSPS) is 19.2. The molecule has 0 unspecified atom stereocenters. The highest BCUT2D eigenvalue weighted by Gasteiger charge is 2.35. The molecular weight excluding hydrogens is 457 g/mol. The van der Waals surface area contributed by atoms with Crippen molar-refractivity contribution in [3.05, 3.63) is 47.3 Å². The van der Waals surface area contributed by atoms with Crippen molar-refractivity contribution in [2.45, 2.75) is 64.6 Å². The van der Waals surface area contributed by atoms with Crippen LogP contribution in [0.4, 0.5) is 10.1 Å². The molecule has 2 aromatic rings. The number of carbonyl (C=O) groups is 1. The van der Waals surface area contributed by atoms with Crippen LogP contribution in [0.2, 0.25) is 0 Å². The molecule has 3 rings (SSSR count). The number of hydrogen-bond acceptors (Lipinski definition) is 5. The molecule has 0 saturated carbocycles. The van der Waals surface area contributed by atoms with Gasteiger partial charge in [-0.15, -0.1) is 0 Å². The number of benzene rings is 1. The fourth-order valence-electron chi connectivity index (χ4n) is 4.23. The summed E-state index contributed by atoms with van der Waals surface area (Å²) in [6.45, 7) is 8.61. The third kappa shape index (κ3) is 6.35. The van der Waals surface area contributed by atoms with Crippen molar-refractivity contribution in [1.82, 2.24) is 19.4 Å². The standard InChI is InChI=1S/C24H36FN5O3S/c1-16(2)19-7-18(8-20(10-19)17(3)4)9-24(31)27-34(32,33)30(23-12-26-29(6)14-23)15-22-11-21(25)13-28(22)5/h7-8,10,12,14,16-17,21-22H,9,11,13,15H2,1-6H3,(H,27,31)/t21-,22-/m1/s1. The Morgan fingerprint density at radius 2 is 1.79 bits per heavy atom. The Labute approximate surface area is 202 Å². The minimum Gasteiger partial charge on any atom is -0.299 e. The third-order valence-corrected chi connectivity index (χ3v) is 7.69. The van der Waals surface area contributed by atoms with Gasteiger partial charge in [0.15, 0.2) is 0 Å². The van der Waals surface area contributed by atoms with E-state index in [1.54, 1.807) is 25.2 Å². The highest BCUT2D eigenvalue weighted by Crippen LogP contribution is 2.25. The fourth-order valence-corrected chi connectivity index (χ4v) is 5.44. The molecule has 8 nitrogen and oxygen atoms in total. The first kappa shape index (κ1) is 26.2. The molecule has 0 aliphatic carbocycles. The Balaban J connectivity index is 1.82. The van der Waals surface area contributed by atoms with Gasteiger partial charge in [-0.3, -0.25) is 14.4 Å². The summed E-state index contributed by atoms with van der Waals surface area (Å²) in [6, 6.07) is 5.74. The molecule has 2 heterocycles. The minimum absolute atomic E-state index is 0.0194. The topological polar surface area (TPSA) is 87.5 Å². The monoisotopic (exact) mass is 493 g/mol. The van der Waals surface area contributed by atoms with Gasteiger partial charge in [-0.25, -0.2) is 13.4 Å². The highest BCUT2D eigenvalue weighted by molar-refractivity contribution is 7.91. The fraction of sp³-hybridized carbons (Fsp3) is 0.583. The van der Waals surface area contributed by atoms with Crippen molar-refractivity contribution < 1.29 is 17.6 Å². The number of amides is 1. The summed E-state index contributed by atoms with van der Waals surface area (Å²) in [5, 5.41) is 4.07. The number of rotatable bonds is 9. The smallest absolute Gasteiger partial charge is 0.299 e. The summed E-state index contributed by atoms with van der Waals surface area (Å²) in [7, 11) is -0.782. The van der Waals surface area contributed by atoms with E-state index in [2.05, 4.69) is 43.6 Å². The van der Waals surface area contributed by atoms with E-state index in [0.29, 0.717) is 5.69 Å². The molecule has 1 aromatic carbocycles. The van der Waals surface area contributed by atoms with Crippen molar-refractivity contribution >= 4 is 21.8 Å². The molecule has 10 heteroatoms. The van der Waals surface area contributed by atoms with Gasteiger partial charge in [0.25, 0.3) is 0 Å². The van der Waals surface area contributed by atoms with Crippen LogP contribution in [-0.4, -0.2) is 61.4 Å². The maximum absolute atomic E-state index is 13.9. The van der Waals surface area contributed by atoms with Gasteiger partial charge in [-0.2, -0.15) is 13.5 Å². The van der Waals surface area contributed by atoms with Gasteiger partial charge < -0.3 is 0 Å². The number of anilines is 1. The van der Waals surface area contributed by atoms with E-state index >= 15 is 0 Å². The number of nitrogens with one attached hydrogen (secondary N) is 1. The molecule has 1 aliphatic heterocycles. The molecule has 1 aliphatic rings. The zero-order chi connectivity index (χ0) is 25.2. The lowest BCUT2D eigenvalue weighted by atomic mass is 9.92. The minimum atomic E-state index is -4.23. The summed E-state index contributed by atoms with van der Waals surface area (Å²) < 4.78 is 45.4. The predicted molar refractivity (Wildman–Crippen MR) is 132 cm³/mol. The second-order valence-corrected chi connectivity index (χ2v) is 11.4. The van der Waals surface area contributed by atoms with Crippen LogP contribution in [-0.2, 0) is 28.5 Å². The van der Waals surface area contributed by atoms with Crippen LogP contribution in [0.3, 0.4) is 0 Å². The second-order valence-electron chi connectivity index (χ2n) is 9.85. The average Bonchev–Trinajstić information content (AvgIpc) is 3.28. The summed E-state index contributed by atoms with van der Waals surface area (Å²) >= 11 is 0. The number of halogens is 1. The molecular formula is C24H36FN5O3S. The summed E-state index contributed by atoms with van der Waals surface area (Å²) in [5.74, 6) is -0.0475. The average molecular weight is 494 g/mol. The molecule has 34 heavy (non-hydrogen) atoms. The van der Waals surface area contributed by atoms with Gasteiger partial charge in [0.05, 0.1) is 24.8 Å². The summed E-state index contributed by atoms with van der Waals surface area (Å²) in [4.78, 5) is 14.7. The second kappa shape index (κ2) is 10.4. The van der Waals surface area contributed by atoms with Crippen molar-refractivity contribution in [3.8, 4) is 0 Å². The van der Waals surface area contributed by atoms with Gasteiger partial charge in [0.2, 0.25) is 5.91 Å². The summed E-state index contributed by atoms with van der Waals surface area (Å²) in [5.41, 5.74) is 3.31. The van der Waals surface area contributed by atoms with Crippen LogP contribution in [0.15, 0.2) is 30.6 Å². The van der Waals surface area contributed by atoms with Crippen molar-refractivity contribution in [3.63, 3.8) is 0 Å². The van der Waals surface area contributed by atoms with Crippen LogP contribution >= 0.6 is 0 Å². The Morgan fingerprint density at radius 1 is 1.18 bits per heavy atom. The van der Waals surface area contributed by atoms with Crippen LogP contribution in [0, 0.1) is 0 Å². The van der Waals surface area contributed by atoms with Gasteiger partial charge in [0.1, 0.15) is 6.17 Å². The molecule has 0 radical (unpaired) electrons. The zero-order valence-corrected chi connectivity index (χ0v) is 21.6. The number of aryl methyl sites for hydroxylation is 1. The van der Waals surface area contributed by atoms with Gasteiger partial charge in [-0.05, 0) is 42.0 Å². The van der Waals surface area contributed by atoms with E-state index in [4.69, 9.17) is 0 Å². The first-order chi connectivity index (χ1) is 15.9. The van der Waals surface area contributed by atoms with Crippen LogP contribution in [0.25, 0.3) is 0 Å². The molecule has 0 bridgehead atoms. The predicted octanol–water partition coefficient (Wildman–Crippen LogP) is 3.12. The molecule has 2 atom stereocenters. The van der Waals surface area contributed by atoms with E-state index in [1.165, 1.54) is 10.9 Å². The third-order valence-electron chi connectivity index (χ3n) is 6.26. The number of alkyl halides is 1. The number of carbonyl (C=O) groups excluding carboxylic acids is 1. The van der Waals surface area contributed by atoms with Gasteiger partial charge in [0, 0.05) is 25.8 Å². The van der Waals surface area contributed by atoms with E-state index in [-0.39, 0.29) is 43.8 Å².